The number of hydrogen-bond acceptors (Lipinski definition) is 5. The lowest BCUT2D eigenvalue weighted by Gasteiger charge is -2.20. The average molecular weight is 408 g/mol. The highest BCUT2D eigenvalue weighted by Crippen LogP contribution is 2.22. The van der Waals surface area contributed by atoms with Crippen molar-refractivity contribution in [1.29, 1.82) is 0 Å². The van der Waals surface area contributed by atoms with Crippen LogP contribution in [0, 0.1) is 5.92 Å². The van der Waals surface area contributed by atoms with Gasteiger partial charge in [-0.1, -0.05) is 32.0 Å². The van der Waals surface area contributed by atoms with Gasteiger partial charge in [-0.05, 0) is 30.2 Å². The molecule has 30 heavy (non-hydrogen) atoms. The molecule has 0 saturated heterocycles. The third-order valence-electron chi connectivity index (χ3n) is 5.82. The van der Waals surface area contributed by atoms with Gasteiger partial charge in [0.1, 0.15) is 11.6 Å². The number of furan rings is 1. The number of nitrogens with one attached hydrogen (secondary N) is 1. The Kier molecular flexibility index (Phi) is 6.28. The molecule has 0 spiro atoms. The third kappa shape index (κ3) is 4.62. The molecule has 0 fully saturated rings. The fourth-order valence-electron chi connectivity index (χ4n) is 3.77. The minimum absolute atomic E-state index is 0.0176. The van der Waals surface area contributed by atoms with Crippen molar-refractivity contribution in [3.63, 3.8) is 0 Å². The number of carbonyl (C=O) groups is 1. The largest absolute Gasteiger partial charge is 0.464 e. The Hall–Kier alpha value is -2.93. The first-order valence-electron chi connectivity index (χ1n) is 10.7. The lowest BCUT2D eigenvalue weighted by molar-refractivity contribution is -0.124. The maximum atomic E-state index is 12.1. The molecule has 0 saturated carbocycles. The van der Waals surface area contributed by atoms with Crippen LogP contribution in [0.4, 0.5) is 0 Å². The molecule has 0 bridgehead atoms. The van der Waals surface area contributed by atoms with Crippen molar-refractivity contribution >= 4 is 5.91 Å². The van der Waals surface area contributed by atoms with Gasteiger partial charge in [0.25, 0.3) is 0 Å². The van der Waals surface area contributed by atoms with Crippen molar-refractivity contribution in [2.45, 2.75) is 46.3 Å². The van der Waals surface area contributed by atoms with E-state index in [9.17, 15) is 4.79 Å². The van der Waals surface area contributed by atoms with Crippen LogP contribution in [0.1, 0.15) is 37.5 Å². The third-order valence-corrected chi connectivity index (χ3v) is 5.82. The monoisotopic (exact) mass is 407 g/mol. The fourth-order valence-corrected chi connectivity index (χ4v) is 3.77. The number of nitrogens with zero attached hydrogens (tertiary/aromatic N) is 4. The van der Waals surface area contributed by atoms with E-state index in [1.54, 1.807) is 6.26 Å². The Morgan fingerprint density at radius 1 is 1.20 bits per heavy atom. The Labute approximate surface area is 177 Å². The molecular weight excluding hydrogens is 378 g/mol. The molecule has 3 heterocycles. The molecule has 1 aliphatic heterocycles. The van der Waals surface area contributed by atoms with Crippen molar-refractivity contribution in [3.8, 4) is 11.3 Å². The lowest BCUT2D eigenvalue weighted by Crippen LogP contribution is -2.30. The topological polar surface area (TPSA) is 76.2 Å². The lowest BCUT2D eigenvalue weighted by atomic mass is 10.1. The van der Waals surface area contributed by atoms with Crippen LogP contribution in [-0.2, 0) is 30.8 Å². The van der Waals surface area contributed by atoms with E-state index in [-0.39, 0.29) is 11.8 Å². The number of benzene rings is 1. The first-order chi connectivity index (χ1) is 14.6. The van der Waals surface area contributed by atoms with Gasteiger partial charge in [0.05, 0.1) is 12.8 Å². The van der Waals surface area contributed by atoms with Crippen LogP contribution in [0.3, 0.4) is 0 Å². The van der Waals surface area contributed by atoms with E-state index in [4.69, 9.17) is 4.42 Å². The van der Waals surface area contributed by atoms with Crippen LogP contribution in [-0.4, -0.2) is 38.7 Å². The van der Waals surface area contributed by atoms with Gasteiger partial charge in [-0.2, -0.15) is 0 Å². The van der Waals surface area contributed by atoms with E-state index >= 15 is 0 Å². The SMILES string of the molecule is CCC(C)C(=O)NCc1nnc2n1CCN(Cc1cccc(-c3ccco3)c1)CC2. The first-order valence-corrected chi connectivity index (χ1v) is 10.7. The molecule has 3 aromatic rings. The van der Waals surface area contributed by atoms with E-state index < -0.39 is 0 Å². The van der Waals surface area contributed by atoms with Gasteiger partial charge >= 0.3 is 0 Å². The quantitative estimate of drug-likeness (QED) is 0.651. The first kappa shape index (κ1) is 20.3. The smallest absolute Gasteiger partial charge is 0.223 e. The summed E-state index contributed by atoms with van der Waals surface area (Å²) in [4.78, 5) is 14.5. The summed E-state index contributed by atoms with van der Waals surface area (Å²) in [7, 11) is 0. The van der Waals surface area contributed by atoms with E-state index in [2.05, 4.69) is 49.2 Å². The molecule has 0 radical (unpaired) electrons. The molecular formula is C23H29N5O2. The fraction of sp³-hybridized carbons (Fsp3) is 0.435. The van der Waals surface area contributed by atoms with Crippen LogP contribution in [0.25, 0.3) is 11.3 Å². The van der Waals surface area contributed by atoms with Gasteiger partial charge in [0, 0.05) is 44.1 Å². The average Bonchev–Trinajstić information content (AvgIpc) is 3.40. The Morgan fingerprint density at radius 3 is 2.90 bits per heavy atom. The van der Waals surface area contributed by atoms with Crippen LogP contribution in [0.2, 0.25) is 0 Å². The summed E-state index contributed by atoms with van der Waals surface area (Å²) in [5.74, 6) is 2.81. The van der Waals surface area contributed by atoms with Crippen molar-refractivity contribution in [2.24, 2.45) is 5.92 Å². The number of fused-ring (bicyclic) bond motifs is 1. The molecule has 1 atom stereocenters. The molecule has 4 rings (SSSR count). The zero-order chi connectivity index (χ0) is 20.9. The summed E-state index contributed by atoms with van der Waals surface area (Å²) < 4.78 is 7.69. The second-order valence-electron chi connectivity index (χ2n) is 7.92. The van der Waals surface area contributed by atoms with Crippen molar-refractivity contribution < 1.29 is 9.21 Å². The molecule has 2 aromatic heterocycles. The molecule has 1 N–H and O–H groups in total. The van der Waals surface area contributed by atoms with E-state index in [1.165, 1.54) is 5.56 Å². The Morgan fingerprint density at radius 2 is 2.10 bits per heavy atom. The minimum Gasteiger partial charge on any atom is -0.464 e. The maximum Gasteiger partial charge on any atom is 0.223 e. The van der Waals surface area contributed by atoms with E-state index in [1.807, 2.05) is 26.0 Å². The van der Waals surface area contributed by atoms with Crippen LogP contribution in [0.5, 0.6) is 0 Å². The Balaban J connectivity index is 1.38. The number of rotatable bonds is 7. The molecule has 1 aliphatic rings. The number of hydrogen-bond donors (Lipinski definition) is 1. The Bertz CT molecular complexity index is 979. The van der Waals surface area contributed by atoms with Crippen molar-refractivity contribution in [2.75, 3.05) is 13.1 Å². The van der Waals surface area contributed by atoms with Gasteiger partial charge in [-0.15, -0.1) is 10.2 Å². The van der Waals surface area contributed by atoms with E-state index in [0.29, 0.717) is 6.54 Å². The highest BCUT2D eigenvalue weighted by molar-refractivity contribution is 5.78. The molecule has 1 unspecified atom stereocenters. The summed E-state index contributed by atoms with van der Waals surface area (Å²) in [6.07, 6.45) is 3.39. The second-order valence-corrected chi connectivity index (χ2v) is 7.92. The molecule has 1 aromatic carbocycles. The zero-order valence-electron chi connectivity index (χ0n) is 17.7. The summed E-state index contributed by atoms with van der Waals surface area (Å²) in [5, 5.41) is 11.7. The summed E-state index contributed by atoms with van der Waals surface area (Å²) in [5.41, 5.74) is 2.37. The highest BCUT2D eigenvalue weighted by Gasteiger charge is 2.20. The molecule has 0 aliphatic carbocycles. The van der Waals surface area contributed by atoms with Gasteiger partial charge in [0.2, 0.25) is 5.91 Å². The van der Waals surface area contributed by atoms with Gasteiger partial charge < -0.3 is 14.3 Å². The molecule has 7 nitrogen and oxygen atoms in total. The van der Waals surface area contributed by atoms with Crippen molar-refractivity contribution in [1.82, 2.24) is 25.0 Å². The molecule has 158 valence electrons. The number of aromatic nitrogens is 3. The zero-order valence-corrected chi connectivity index (χ0v) is 17.7. The highest BCUT2D eigenvalue weighted by atomic mass is 16.3. The van der Waals surface area contributed by atoms with Gasteiger partial charge in [-0.25, -0.2) is 0 Å². The van der Waals surface area contributed by atoms with E-state index in [0.717, 1.165) is 62.0 Å². The predicted octanol–water partition coefficient (Wildman–Crippen LogP) is 3.26. The molecule has 1 amide bonds. The minimum atomic E-state index is 0.0176. The number of carbonyl (C=O) groups excluding carboxylic acids is 1. The second kappa shape index (κ2) is 9.26. The molecule has 7 heteroatoms. The van der Waals surface area contributed by atoms with Crippen molar-refractivity contribution in [3.05, 3.63) is 59.9 Å². The predicted molar refractivity (Wildman–Crippen MR) is 114 cm³/mol. The van der Waals surface area contributed by atoms with Crippen LogP contribution >= 0.6 is 0 Å². The summed E-state index contributed by atoms with van der Waals surface area (Å²) >= 11 is 0. The number of amides is 1. The standard InChI is InChI=1S/C23H29N5O2/c1-3-17(2)23(29)24-15-22-26-25-21-9-10-27(11-12-28(21)22)16-18-6-4-7-19(14-18)20-8-5-13-30-20/h4-8,13-14,17H,3,9-12,15-16H2,1-2H3,(H,24,29). The summed E-state index contributed by atoms with van der Waals surface area (Å²) in [6.45, 7) is 7.96. The van der Waals surface area contributed by atoms with Crippen LogP contribution in [0.15, 0.2) is 47.1 Å². The van der Waals surface area contributed by atoms with Gasteiger partial charge in [0.15, 0.2) is 5.82 Å². The van der Waals surface area contributed by atoms with Gasteiger partial charge in [-0.3, -0.25) is 9.69 Å². The van der Waals surface area contributed by atoms with Crippen LogP contribution < -0.4 is 5.32 Å². The summed E-state index contributed by atoms with van der Waals surface area (Å²) in [6, 6.07) is 12.4. The normalized spacial score (nSPS) is 15.4. The maximum absolute atomic E-state index is 12.1.